The first-order chi connectivity index (χ1) is 10.6. The summed E-state index contributed by atoms with van der Waals surface area (Å²) < 4.78 is 0. The first kappa shape index (κ1) is 16.6. The molecule has 0 aromatic heterocycles. The summed E-state index contributed by atoms with van der Waals surface area (Å²) in [7, 11) is 0. The van der Waals surface area contributed by atoms with Crippen molar-refractivity contribution in [2.75, 3.05) is 11.1 Å². The number of benzene rings is 2. The quantitative estimate of drug-likeness (QED) is 0.834. The van der Waals surface area contributed by atoms with Gasteiger partial charge in [0, 0.05) is 11.4 Å². The number of para-hydroxylation sites is 1. The highest BCUT2D eigenvalue weighted by molar-refractivity contribution is 7.99. The average Bonchev–Trinajstić information content (AvgIpc) is 2.52. The molecule has 0 radical (unpaired) electrons. The Balaban J connectivity index is 1.82. The van der Waals surface area contributed by atoms with Crippen LogP contribution >= 0.6 is 11.8 Å². The van der Waals surface area contributed by atoms with Crippen LogP contribution in [0.25, 0.3) is 0 Å². The van der Waals surface area contributed by atoms with E-state index in [0.29, 0.717) is 5.75 Å². The van der Waals surface area contributed by atoms with E-state index in [-0.39, 0.29) is 5.91 Å². The van der Waals surface area contributed by atoms with E-state index in [2.05, 4.69) is 36.5 Å². The fraction of sp³-hybridized carbons (Fsp3) is 0.316. The van der Waals surface area contributed by atoms with Crippen LogP contribution < -0.4 is 5.32 Å². The van der Waals surface area contributed by atoms with Gasteiger partial charge in [-0.05, 0) is 42.5 Å². The molecule has 0 heterocycles. The number of amides is 1. The first-order valence-electron chi connectivity index (χ1n) is 7.61. The Morgan fingerprint density at radius 3 is 2.18 bits per heavy atom. The second-order valence-corrected chi connectivity index (χ2v) is 6.46. The summed E-state index contributed by atoms with van der Waals surface area (Å²) in [6.07, 6.45) is 1.06. The molecule has 0 saturated carbocycles. The molecule has 2 aromatic rings. The van der Waals surface area contributed by atoms with Crippen LogP contribution in [-0.2, 0) is 17.0 Å². The van der Waals surface area contributed by atoms with E-state index in [4.69, 9.17) is 0 Å². The molecule has 2 aromatic carbocycles. The number of anilines is 1. The summed E-state index contributed by atoms with van der Waals surface area (Å²) in [6.45, 7) is 6.19. The number of hydrogen-bond donors (Lipinski definition) is 1. The first-order valence-corrected chi connectivity index (χ1v) is 8.77. The minimum Gasteiger partial charge on any atom is -0.325 e. The fourth-order valence-corrected chi connectivity index (χ4v) is 3.11. The maximum absolute atomic E-state index is 12.1. The Bertz CT molecular complexity index is 614. The van der Waals surface area contributed by atoms with Gasteiger partial charge in [0.15, 0.2) is 0 Å². The molecular formula is C19H23NOS. The second kappa shape index (κ2) is 8.04. The van der Waals surface area contributed by atoms with Crippen LogP contribution in [0.1, 0.15) is 29.2 Å². The van der Waals surface area contributed by atoms with Gasteiger partial charge in [0.05, 0.1) is 5.75 Å². The SMILES string of the molecule is CCc1ccc(CSCC(=O)Nc2c(C)cccc2C)cc1. The maximum atomic E-state index is 12.1. The van der Waals surface area contributed by atoms with Crippen LogP contribution in [0.3, 0.4) is 0 Å². The van der Waals surface area contributed by atoms with Gasteiger partial charge in [0.25, 0.3) is 0 Å². The van der Waals surface area contributed by atoms with Gasteiger partial charge in [-0.1, -0.05) is 49.4 Å². The van der Waals surface area contributed by atoms with Crippen molar-refractivity contribution in [1.82, 2.24) is 0 Å². The lowest BCUT2D eigenvalue weighted by atomic mass is 10.1. The zero-order valence-corrected chi connectivity index (χ0v) is 14.3. The molecule has 3 heteroatoms. The summed E-state index contributed by atoms with van der Waals surface area (Å²) in [6, 6.07) is 14.7. The molecule has 0 atom stereocenters. The highest BCUT2D eigenvalue weighted by atomic mass is 32.2. The summed E-state index contributed by atoms with van der Waals surface area (Å²) in [5.41, 5.74) is 5.77. The van der Waals surface area contributed by atoms with Crippen molar-refractivity contribution < 1.29 is 4.79 Å². The lowest BCUT2D eigenvalue weighted by molar-refractivity contribution is -0.113. The lowest BCUT2D eigenvalue weighted by Gasteiger charge is -2.11. The summed E-state index contributed by atoms with van der Waals surface area (Å²) in [5.74, 6) is 1.40. The summed E-state index contributed by atoms with van der Waals surface area (Å²) in [4.78, 5) is 12.1. The number of thioether (sulfide) groups is 1. The Hall–Kier alpha value is -1.74. The topological polar surface area (TPSA) is 29.1 Å². The Kier molecular flexibility index (Phi) is 6.08. The number of rotatable bonds is 6. The van der Waals surface area contributed by atoms with Crippen molar-refractivity contribution in [2.45, 2.75) is 32.9 Å². The third kappa shape index (κ3) is 4.63. The normalized spacial score (nSPS) is 10.5. The number of aryl methyl sites for hydroxylation is 3. The van der Waals surface area contributed by atoms with Crippen LogP contribution in [0.15, 0.2) is 42.5 Å². The van der Waals surface area contributed by atoms with Crippen LogP contribution in [0, 0.1) is 13.8 Å². The molecule has 116 valence electrons. The van der Waals surface area contributed by atoms with Gasteiger partial charge in [0.2, 0.25) is 5.91 Å². The Morgan fingerprint density at radius 2 is 1.59 bits per heavy atom. The molecule has 0 unspecified atom stereocenters. The molecule has 1 N–H and O–H groups in total. The minimum atomic E-state index is 0.0626. The summed E-state index contributed by atoms with van der Waals surface area (Å²) >= 11 is 1.65. The van der Waals surface area contributed by atoms with E-state index >= 15 is 0 Å². The van der Waals surface area contributed by atoms with Crippen molar-refractivity contribution in [2.24, 2.45) is 0 Å². The van der Waals surface area contributed by atoms with Crippen molar-refractivity contribution in [3.05, 3.63) is 64.7 Å². The number of carbonyl (C=O) groups is 1. The van der Waals surface area contributed by atoms with E-state index < -0.39 is 0 Å². The molecule has 0 aliphatic rings. The predicted molar refractivity (Wildman–Crippen MR) is 96.5 cm³/mol. The monoisotopic (exact) mass is 313 g/mol. The third-order valence-corrected chi connectivity index (χ3v) is 4.68. The van der Waals surface area contributed by atoms with E-state index in [1.165, 1.54) is 11.1 Å². The molecule has 0 spiro atoms. The van der Waals surface area contributed by atoms with E-state index in [0.717, 1.165) is 29.0 Å². The minimum absolute atomic E-state index is 0.0626. The van der Waals surface area contributed by atoms with Gasteiger partial charge in [-0.2, -0.15) is 0 Å². The van der Waals surface area contributed by atoms with Crippen molar-refractivity contribution >= 4 is 23.4 Å². The smallest absolute Gasteiger partial charge is 0.234 e. The number of carbonyl (C=O) groups excluding carboxylic acids is 1. The molecule has 0 saturated heterocycles. The molecule has 0 bridgehead atoms. The molecule has 2 rings (SSSR count). The average molecular weight is 313 g/mol. The molecule has 0 fully saturated rings. The van der Waals surface area contributed by atoms with Crippen LogP contribution in [-0.4, -0.2) is 11.7 Å². The largest absolute Gasteiger partial charge is 0.325 e. The van der Waals surface area contributed by atoms with Crippen LogP contribution in [0.2, 0.25) is 0 Å². The molecule has 0 aliphatic carbocycles. The third-order valence-electron chi connectivity index (χ3n) is 3.68. The number of nitrogens with one attached hydrogen (secondary N) is 1. The van der Waals surface area contributed by atoms with Gasteiger partial charge >= 0.3 is 0 Å². The highest BCUT2D eigenvalue weighted by Gasteiger charge is 2.07. The van der Waals surface area contributed by atoms with Crippen molar-refractivity contribution in [3.8, 4) is 0 Å². The van der Waals surface area contributed by atoms with E-state index in [1.54, 1.807) is 11.8 Å². The zero-order chi connectivity index (χ0) is 15.9. The van der Waals surface area contributed by atoms with Gasteiger partial charge in [-0.25, -0.2) is 0 Å². The molecule has 2 nitrogen and oxygen atoms in total. The van der Waals surface area contributed by atoms with Gasteiger partial charge in [-0.15, -0.1) is 11.8 Å². The zero-order valence-electron chi connectivity index (χ0n) is 13.5. The molecule has 1 amide bonds. The number of hydrogen-bond acceptors (Lipinski definition) is 2. The van der Waals surface area contributed by atoms with E-state index in [9.17, 15) is 4.79 Å². The van der Waals surface area contributed by atoms with Crippen LogP contribution in [0.5, 0.6) is 0 Å². The van der Waals surface area contributed by atoms with Gasteiger partial charge in [-0.3, -0.25) is 4.79 Å². The molecule has 22 heavy (non-hydrogen) atoms. The fourth-order valence-electron chi connectivity index (χ4n) is 2.32. The second-order valence-electron chi connectivity index (χ2n) is 5.48. The summed E-state index contributed by atoms with van der Waals surface area (Å²) in [5, 5.41) is 3.02. The molecular weight excluding hydrogens is 290 g/mol. The van der Waals surface area contributed by atoms with Crippen molar-refractivity contribution in [1.29, 1.82) is 0 Å². The maximum Gasteiger partial charge on any atom is 0.234 e. The van der Waals surface area contributed by atoms with E-state index in [1.807, 2.05) is 32.0 Å². The lowest BCUT2D eigenvalue weighted by Crippen LogP contribution is -2.15. The Labute approximate surface area is 137 Å². The Morgan fingerprint density at radius 1 is 1.00 bits per heavy atom. The predicted octanol–water partition coefficient (Wildman–Crippen LogP) is 4.74. The van der Waals surface area contributed by atoms with Crippen molar-refractivity contribution in [3.63, 3.8) is 0 Å². The van der Waals surface area contributed by atoms with Gasteiger partial charge < -0.3 is 5.32 Å². The standard InChI is InChI=1S/C19H23NOS/c1-4-16-8-10-17(11-9-16)12-22-13-18(21)20-19-14(2)6-5-7-15(19)3/h5-11H,4,12-13H2,1-3H3,(H,20,21). The van der Waals surface area contributed by atoms with Crippen LogP contribution in [0.4, 0.5) is 5.69 Å². The molecule has 0 aliphatic heterocycles. The highest BCUT2D eigenvalue weighted by Crippen LogP contribution is 2.20. The van der Waals surface area contributed by atoms with Gasteiger partial charge in [0.1, 0.15) is 0 Å².